The molecule has 2 atom stereocenters. The van der Waals surface area contributed by atoms with Gasteiger partial charge in [0.05, 0.1) is 25.7 Å². The van der Waals surface area contributed by atoms with Crippen molar-refractivity contribution >= 4 is 17.5 Å². The smallest absolute Gasteiger partial charge is 0.291 e. The number of nitrogens with zero attached hydrogens (tertiary/aromatic N) is 1. The Bertz CT molecular complexity index is 847. The number of quaternary nitrogens is 1. The van der Waals surface area contributed by atoms with Crippen molar-refractivity contribution in [1.82, 2.24) is 4.90 Å². The van der Waals surface area contributed by atoms with Crippen molar-refractivity contribution < 1.29 is 19.3 Å². The summed E-state index contributed by atoms with van der Waals surface area (Å²) in [5, 5.41) is 0. The highest BCUT2D eigenvalue weighted by molar-refractivity contribution is 6.44. The molecule has 1 saturated heterocycles. The highest BCUT2D eigenvalue weighted by atomic mass is 16.2. The Hall–Kier alpha value is -2.79. The number of likely N-dealkylation sites (tertiary alicyclic amines) is 1. The third-order valence-corrected chi connectivity index (χ3v) is 5.82. The maximum atomic E-state index is 13.2. The molecule has 5 nitrogen and oxygen atoms in total. The number of nitrogens with one attached hydrogen (secondary N) is 1. The van der Waals surface area contributed by atoms with Crippen molar-refractivity contribution in [2.24, 2.45) is 5.92 Å². The highest BCUT2D eigenvalue weighted by Gasteiger charge is 2.51. The molecule has 1 heterocycles. The summed E-state index contributed by atoms with van der Waals surface area (Å²) < 4.78 is 0. The topological polar surface area (TPSA) is 58.9 Å². The Balaban J connectivity index is 1.90. The third-order valence-electron chi connectivity index (χ3n) is 5.82. The normalized spacial score (nSPS) is 19.2. The molecule has 1 fully saturated rings. The van der Waals surface area contributed by atoms with E-state index in [-0.39, 0.29) is 5.78 Å². The number of hydrogen-bond acceptors (Lipinski definition) is 3. The lowest BCUT2D eigenvalue weighted by Crippen LogP contribution is -3.11. The zero-order chi connectivity index (χ0) is 20.8. The van der Waals surface area contributed by atoms with Crippen LogP contribution in [-0.4, -0.2) is 48.6 Å². The first kappa shape index (κ1) is 20.9. The average molecular weight is 394 g/mol. The van der Waals surface area contributed by atoms with E-state index in [0.29, 0.717) is 12.1 Å². The summed E-state index contributed by atoms with van der Waals surface area (Å²) in [4.78, 5) is 42.0. The molecule has 1 aliphatic heterocycles. The van der Waals surface area contributed by atoms with Crippen LogP contribution in [0.3, 0.4) is 0 Å². The van der Waals surface area contributed by atoms with Gasteiger partial charge < -0.3 is 9.80 Å². The molecule has 1 N–H and O–H groups in total. The van der Waals surface area contributed by atoms with Gasteiger partial charge in [0.15, 0.2) is 5.78 Å². The van der Waals surface area contributed by atoms with Gasteiger partial charge in [0, 0.05) is 18.5 Å². The van der Waals surface area contributed by atoms with Crippen molar-refractivity contribution in [3.63, 3.8) is 0 Å². The van der Waals surface area contributed by atoms with E-state index in [2.05, 4.69) is 13.8 Å². The van der Waals surface area contributed by atoms with Crippen LogP contribution in [0.4, 0.5) is 0 Å². The van der Waals surface area contributed by atoms with Crippen LogP contribution in [0.2, 0.25) is 0 Å². The van der Waals surface area contributed by atoms with E-state index in [1.54, 1.807) is 29.2 Å². The number of benzene rings is 2. The van der Waals surface area contributed by atoms with Crippen LogP contribution in [0, 0.1) is 5.92 Å². The summed E-state index contributed by atoms with van der Waals surface area (Å²) in [6.07, 6.45) is 0.797. The Kier molecular flexibility index (Phi) is 6.94. The number of rotatable bonds is 9. The van der Waals surface area contributed by atoms with Gasteiger partial charge in [-0.1, -0.05) is 60.7 Å². The van der Waals surface area contributed by atoms with Crippen LogP contribution in [-0.2, 0) is 9.59 Å². The fourth-order valence-electron chi connectivity index (χ4n) is 4.13. The lowest BCUT2D eigenvalue weighted by atomic mass is 9.86. The lowest BCUT2D eigenvalue weighted by Gasteiger charge is -2.27. The van der Waals surface area contributed by atoms with Crippen molar-refractivity contribution in [3.8, 4) is 0 Å². The number of amides is 1. The third kappa shape index (κ3) is 4.46. The van der Waals surface area contributed by atoms with E-state index in [4.69, 9.17) is 0 Å². The van der Waals surface area contributed by atoms with Crippen LogP contribution >= 0.6 is 0 Å². The van der Waals surface area contributed by atoms with Gasteiger partial charge in [0.25, 0.3) is 5.91 Å². The second-order valence-electron chi connectivity index (χ2n) is 7.49. The quantitative estimate of drug-likeness (QED) is 0.403. The van der Waals surface area contributed by atoms with Crippen molar-refractivity contribution in [3.05, 3.63) is 71.8 Å². The van der Waals surface area contributed by atoms with Crippen LogP contribution in [0.5, 0.6) is 0 Å². The summed E-state index contributed by atoms with van der Waals surface area (Å²) in [6, 6.07) is 17.7. The first-order valence-electron chi connectivity index (χ1n) is 10.4. The van der Waals surface area contributed by atoms with Crippen molar-refractivity contribution in [2.45, 2.75) is 26.3 Å². The van der Waals surface area contributed by atoms with Crippen molar-refractivity contribution in [2.75, 3.05) is 26.2 Å². The maximum Gasteiger partial charge on any atom is 0.291 e. The van der Waals surface area contributed by atoms with Gasteiger partial charge in [0.1, 0.15) is 5.92 Å². The first-order valence-corrected chi connectivity index (χ1v) is 10.4. The van der Waals surface area contributed by atoms with E-state index >= 15 is 0 Å². The molecule has 2 aromatic carbocycles. The monoisotopic (exact) mass is 393 g/mol. The van der Waals surface area contributed by atoms with Crippen LogP contribution < -0.4 is 4.90 Å². The van der Waals surface area contributed by atoms with Gasteiger partial charge in [-0.3, -0.25) is 14.4 Å². The molecular formula is C24H29N2O3+. The molecule has 0 aromatic heterocycles. The molecule has 2 aromatic rings. The Labute approximate surface area is 172 Å². The van der Waals surface area contributed by atoms with Crippen LogP contribution in [0.1, 0.15) is 42.2 Å². The van der Waals surface area contributed by atoms with Crippen molar-refractivity contribution in [1.29, 1.82) is 0 Å². The first-order chi connectivity index (χ1) is 14.1. The molecule has 0 aliphatic carbocycles. The van der Waals surface area contributed by atoms with E-state index in [1.165, 1.54) is 4.90 Å². The molecule has 5 heteroatoms. The minimum Gasteiger partial charge on any atom is -0.335 e. The average Bonchev–Trinajstić information content (AvgIpc) is 3.02. The predicted molar refractivity (Wildman–Crippen MR) is 112 cm³/mol. The molecule has 152 valence electrons. The molecular weight excluding hydrogens is 364 g/mol. The summed E-state index contributed by atoms with van der Waals surface area (Å²) in [5.74, 6) is -2.41. The van der Waals surface area contributed by atoms with Gasteiger partial charge in [0.2, 0.25) is 5.78 Å². The van der Waals surface area contributed by atoms with Crippen LogP contribution in [0.15, 0.2) is 60.7 Å². The van der Waals surface area contributed by atoms with E-state index in [9.17, 15) is 14.4 Å². The predicted octanol–water partition coefficient (Wildman–Crippen LogP) is 1.95. The van der Waals surface area contributed by atoms with Gasteiger partial charge >= 0.3 is 0 Å². The Morgan fingerprint density at radius 2 is 1.52 bits per heavy atom. The SMILES string of the molecule is CC[NH+](CC)CCCN1C(=O)C(=O)C(C(=O)c2ccccc2)C1c1ccccc1. The summed E-state index contributed by atoms with van der Waals surface area (Å²) in [5.41, 5.74) is 1.30. The van der Waals surface area contributed by atoms with E-state index in [0.717, 1.165) is 31.6 Å². The second-order valence-corrected chi connectivity index (χ2v) is 7.49. The molecule has 29 heavy (non-hydrogen) atoms. The van der Waals surface area contributed by atoms with E-state index in [1.807, 2.05) is 36.4 Å². The zero-order valence-electron chi connectivity index (χ0n) is 17.1. The maximum absolute atomic E-state index is 13.2. The fourth-order valence-corrected chi connectivity index (χ4v) is 4.13. The van der Waals surface area contributed by atoms with Gasteiger partial charge in [-0.05, 0) is 19.4 Å². The summed E-state index contributed by atoms with van der Waals surface area (Å²) >= 11 is 0. The molecule has 0 spiro atoms. The second kappa shape index (κ2) is 9.61. The number of Topliss-reactive ketones (excluding diaryl/α,β-unsaturated/α-hetero) is 2. The molecule has 0 radical (unpaired) electrons. The lowest BCUT2D eigenvalue weighted by molar-refractivity contribution is -0.896. The standard InChI is InChI=1S/C24H28N2O3/c1-3-25(4-2)16-11-17-26-21(18-12-7-5-8-13-18)20(23(28)24(26)29)22(27)19-14-9-6-10-15-19/h5-10,12-15,20-21H,3-4,11,16-17H2,1-2H3/p+1. The van der Waals surface area contributed by atoms with E-state index < -0.39 is 23.7 Å². The summed E-state index contributed by atoms with van der Waals surface area (Å²) in [7, 11) is 0. The van der Waals surface area contributed by atoms with Gasteiger partial charge in [-0.25, -0.2) is 0 Å². The van der Waals surface area contributed by atoms with Gasteiger partial charge in [-0.2, -0.15) is 0 Å². The molecule has 1 amide bonds. The molecule has 0 bridgehead atoms. The minimum atomic E-state index is -0.992. The van der Waals surface area contributed by atoms with Crippen LogP contribution in [0.25, 0.3) is 0 Å². The summed E-state index contributed by atoms with van der Waals surface area (Å²) in [6.45, 7) is 7.76. The Morgan fingerprint density at radius 3 is 2.10 bits per heavy atom. The molecule has 2 unspecified atom stereocenters. The number of carbonyl (C=O) groups is 3. The highest BCUT2D eigenvalue weighted by Crippen LogP contribution is 2.38. The number of carbonyl (C=O) groups excluding carboxylic acids is 3. The minimum absolute atomic E-state index is 0.283. The zero-order valence-corrected chi connectivity index (χ0v) is 17.1. The fraction of sp³-hybridized carbons (Fsp3) is 0.375. The molecule has 3 rings (SSSR count). The number of ketones is 2. The van der Waals surface area contributed by atoms with Gasteiger partial charge in [-0.15, -0.1) is 0 Å². The Morgan fingerprint density at radius 1 is 0.931 bits per heavy atom. The molecule has 0 saturated carbocycles. The number of hydrogen-bond donors (Lipinski definition) is 1. The largest absolute Gasteiger partial charge is 0.335 e. The molecule has 1 aliphatic rings.